The van der Waals surface area contributed by atoms with E-state index in [-0.39, 0.29) is 141 Å². The number of fused-ring (bicyclic) bond motifs is 2. The Hall–Kier alpha value is -8.42. The number of amides is 9. The van der Waals surface area contributed by atoms with Gasteiger partial charge in [0.05, 0.1) is 11.1 Å². The van der Waals surface area contributed by atoms with E-state index in [4.69, 9.17) is 53.7 Å². The van der Waals surface area contributed by atoms with Crippen molar-refractivity contribution in [1.82, 2.24) is 60.4 Å². The van der Waals surface area contributed by atoms with E-state index in [2.05, 4.69) is 26.6 Å². The van der Waals surface area contributed by atoms with Gasteiger partial charge in [-0.2, -0.15) is 18.9 Å². The Morgan fingerprint density at radius 3 is 1.56 bits per heavy atom. The standard InChI is InChI=1S/C51H60N12O15S4/c64-38(13-7-16-43(67)78-63-39(65)21-22-40(63)66)52-23-2-1-10-31-30-55-46(70)34-19-17-32(50(81)61(34)76)44(68)53-24-8-28-57(48(72)36-11-5-14-41(79)59(36)74)26-3-4-27-58(49(73)37-12-6-15-42(80)60(37)75)29-9-25-54-45(69)33-18-20-35(47(71)56-31)62(77)51(33)82/h5-6,11-12,14-15,17-20,31,74-77H,1-4,7-10,13,16,21-30H2,(H,52,64)(H,53,68)(H,54,69)(H,55,70)(H,56,71)/t31-/m0/s1. The maximum atomic E-state index is 13.9. The molecule has 27 nitrogen and oxygen atoms in total. The molecule has 0 unspecified atom stereocenters. The third-order valence-corrected chi connectivity index (χ3v) is 14.4. The molecule has 0 spiro atoms. The Morgan fingerprint density at radius 2 is 1.05 bits per heavy atom. The molecular weight excluding hydrogens is 1150 g/mol. The Balaban J connectivity index is 1.18. The van der Waals surface area contributed by atoms with Crippen LogP contribution in [-0.2, 0) is 24.0 Å². The number of carbonyl (C=O) groups excluding carboxylic acids is 10. The summed E-state index contributed by atoms with van der Waals surface area (Å²) in [4.78, 5) is 138. The average molecular weight is 1210 g/mol. The predicted octanol–water partition coefficient (Wildman–Crippen LogP) is 3.67. The molecule has 4 aliphatic heterocycles. The summed E-state index contributed by atoms with van der Waals surface area (Å²) in [5, 5.41) is 57.4. The number of rotatable bonds is 12. The zero-order chi connectivity index (χ0) is 59.6. The van der Waals surface area contributed by atoms with E-state index in [0.717, 1.165) is 12.1 Å². The molecule has 4 aromatic rings. The number of hydrogen-bond donors (Lipinski definition) is 9. The van der Waals surface area contributed by atoms with Crippen molar-refractivity contribution >= 4 is 108 Å². The van der Waals surface area contributed by atoms with Crippen LogP contribution in [0.4, 0.5) is 0 Å². The smallest absolute Gasteiger partial charge is 0.333 e. The van der Waals surface area contributed by atoms with Gasteiger partial charge in [-0.3, -0.25) is 43.2 Å². The summed E-state index contributed by atoms with van der Waals surface area (Å²) >= 11 is 21.1. The van der Waals surface area contributed by atoms with E-state index in [1.807, 2.05) is 0 Å². The van der Waals surface area contributed by atoms with Gasteiger partial charge >= 0.3 is 5.97 Å². The van der Waals surface area contributed by atoms with Gasteiger partial charge in [0.2, 0.25) is 5.91 Å². The molecule has 8 heterocycles. The number of hydroxylamine groups is 2. The number of unbranched alkanes of at least 4 members (excludes halogenated alkanes) is 1. The third kappa shape index (κ3) is 16.6. The summed E-state index contributed by atoms with van der Waals surface area (Å²) in [5.41, 5.74) is -1.39. The largest absolute Gasteiger partial charge is 0.427 e. The molecule has 4 aliphatic rings. The lowest BCUT2D eigenvalue weighted by atomic mass is 10.1. The fourth-order valence-electron chi connectivity index (χ4n) is 8.55. The van der Waals surface area contributed by atoms with E-state index >= 15 is 0 Å². The van der Waals surface area contributed by atoms with Crippen LogP contribution >= 0.6 is 48.9 Å². The number of aromatic nitrogens is 4. The summed E-state index contributed by atoms with van der Waals surface area (Å²) in [6.07, 6.45) is 1.50. The van der Waals surface area contributed by atoms with Crippen LogP contribution < -0.4 is 26.6 Å². The molecular formula is C51H60N12O15S4. The maximum absolute atomic E-state index is 13.9. The molecule has 8 rings (SSSR count). The van der Waals surface area contributed by atoms with E-state index in [1.165, 1.54) is 58.3 Å². The lowest BCUT2D eigenvalue weighted by molar-refractivity contribution is -0.197. The van der Waals surface area contributed by atoms with Gasteiger partial charge in [0.15, 0.2) is 9.28 Å². The molecule has 1 saturated heterocycles. The summed E-state index contributed by atoms with van der Waals surface area (Å²) in [5.74, 6) is -6.87. The topological polar surface area (TPSA) is 350 Å². The summed E-state index contributed by atoms with van der Waals surface area (Å²) in [6, 6.07) is 12.5. The summed E-state index contributed by atoms with van der Waals surface area (Å²) in [6.45, 7) is 0.188. The molecule has 4 bridgehead atoms. The lowest BCUT2D eigenvalue weighted by Crippen LogP contribution is -2.45. The van der Waals surface area contributed by atoms with Crippen molar-refractivity contribution < 1.29 is 73.6 Å². The number of pyridine rings is 4. The van der Waals surface area contributed by atoms with E-state index in [1.54, 1.807) is 0 Å². The molecule has 9 N–H and O–H groups in total. The zero-order valence-electron chi connectivity index (χ0n) is 44.0. The number of carbonyl (C=O) groups is 10. The Kier molecular flexibility index (Phi) is 22.9. The van der Waals surface area contributed by atoms with Gasteiger partial charge in [-0.1, -0.05) is 61.0 Å². The van der Waals surface area contributed by atoms with Gasteiger partial charge in [-0.15, -0.1) is 5.06 Å². The zero-order valence-corrected chi connectivity index (χ0v) is 47.3. The van der Waals surface area contributed by atoms with Gasteiger partial charge < -0.3 is 62.1 Å². The highest BCUT2D eigenvalue weighted by Crippen LogP contribution is 2.16. The molecule has 0 radical (unpaired) electrons. The number of nitrogens with one attached hydrogen (secondary N) is 5. The first-order chi connectivity index (χ1) is 39.2. The van der Waals surface area contributed by atoms with Gasteiger partial charge in [0.25, 0.3) is 47.3 Å². The SMILES string of the molecule is O=C(CCCC(=O)ON1C(=O)CCC1=O)NCCCC[C@H]1CNC(=O)c2ccc(c(=S)n2O)C(=O)NCCCN(C(=O)c2cccc(=S)n2O)CCCCN(C(=O)c2cccc(=S)n2O)CCCNC(=O)c2ccc(n(O)c2=S)C(=O)N1. The van der Waals surface area contributed by atoms with Gasteiger partial charge in [0, 0.05) is 84.1 Å². The van der Waals surface area contributed by atoms with E-state index in [0.29, 0.717) is 49.7 Å². The second-order valence-electron chi connectivity index (χ2n) is 18.8. The van der Waals surface area contributed by atoms with E-state index in [9.17, 15) is 68.8 Å². The minimum absolute atomic E-state index is 0.00658. The van der Waals surface area contributed by atoms with Crippen molar-refractivity contribution in [1.29, 1.82) is 0 Å². The second kappa shape index (κ2) is 29.9. The Labute approximate surface area is 488 Å². The quantitative estimate of drug-likeness (QED) is 0.0423. The summed E-state index contributed by atoms with van der Waals surface area (Å²) in [7, 11) is 0. The molecule has 31 heteroatoms. The van der Waals surface area contributed by atoms with Gasteiger partial charge in [-0.05, 0) is 99.9 Å². The van der Waals surface area contributed by atoms with Crippen molar-refractivity contribution in [2.45, 2.75) is 83.1 Å². The first-order valence-corrected chi connectivity index (χ1v) is 27.6. The first kappa shape index (κ1) is 62.8. The fourth-order valence-corrected chi connectivity index (χ4v) is 9.42. The molecule has 82 heavy (non-hydrogen) atoms. The maximum Gasteiger partial charge on any atom is 0.333 e. The second-order valence-corrected chi connectivity index (χ2v) is 20.4. The van der Waals surface area contributed by atoms with Gasteiger partial charge in [0.1, 0.15) is 32.1 Å². The van der Waals surface area contributed by atoms with Crippen molar-refractivity contribution in [3.8, 4) is 0 Å². The molecule has 1 atom stereocenters. The highest BCUT2D eigenvalue weighted by atomic mass is 32.1. The van der Waals surface area contributed by atoms with Crippen LogP contribution in [0.25, 0.3) is 0 Å². The van der Waals surface area contributed by atoms with Crippen LogP contribution in [0.3, 0.4) is 0 Å². The highest BCUT2D eigenvalue weighted by molar-refractivity contribution is 7.72. The van der Waals surface area contributed by atoms with Crippen LogP contribution in [0, 0.1) is 18.6 Å². The highest BCUT2D eigenvalue weighted by Gasteiger charge is 2.33. The van der Waals surface area contributed by atoms with Crippen LogP contribution in [0.2, 0.25) is 0 Å². The molecule has 438 valence electrons. The van der Waals surface area contributed by atoms with Crippen molar-refractivity contribution in [2.75, 3.05) is 52.4 Å². The minimum Gasteiger partial charge on any atom is -0.427 e. The first-order valence-electron chi connectivity index (χ1n) is 26.0. The van der Waals surface area contributed by atoms with Crippen LogP contribution in [0.15, 0.2) is 60.7 Å². The molecule has 0 aromatic carbocycles. The average Bonchev–Trinajstić information content (AvgIpc) is 3.96. The number of nitrogens with zero attached hydrogens (tertiary/aromatic N) is 7. The Morgan fingerprint density at radius 1 is 0.561 bits per heavy atom. The van der Waals surface area contributed by atoms with Crippen LogP contribution in [0.5, 0.6) is 0 Å². The fraction of sp³-hybridized carbons (Fsp3) is 0.412. The Bertz CT molecular complexity index is 3370. The van der Waals surface area contributed by atoms with Crippen molar-refractivity contribution in [3.05, 3.63) is 113 Å². The molecule has 1 fully saturated rings. The van der Waals surface area contributed by atoms with Crippen molar-refractivity contribution in [3.63, 3.8) is 0 Å². The monoisotopic (exact) mass is 1210 g/mol. The number of imide groups is 1. The van der Waals surface area contributed by atoms with Crippen molar-refractivity contribution in [2.24, 2.45) is 0 Å². The van der Waals surface area contributed by atoms with E-state index < -0.39 is 80.2 Å². The normalized spacial score (nSPS) is 16.4. The van der Waals surface area contributed by atoms with Gasteiger partial charge in [-0.25, -0.2) is 4.79 Å². The predicted molar refractivity (Wildman–Crippen MR) is 296 cm³/mol. The molecule has 0 aliphatic carbocycles. The molecule has 9 amide bonds. The summed E-state index contributed by atoms with van der Waals surface area (Å²) < 4.78 is 0.937. The molecule has 0 saturated carbocycles. The lowest BCUT2D eigenvalue weighted by Gasteiger charge is -2.26. The van der Waals surface area contributed by atoms with Crippen LogP contribution in [-0.4, -0.2) is 172 Å². The third-order valence-electron chi connectivity index (χ3n) is 13.0. The molecule has 4 aromatic heterocycles. The van der Waals surface area contributed by atoms with Crippen LogP contribution in [0.1, 0.15) is 140 Å². The number of hydrogen-bond acceptors (Lipinski definition) is 19. The minimum atomic E-state index is -0.888.